The molecular weight excluding hydrogens is 378 g/mol. The zero-order chi connectivity index (χ0) is 20.0. The number of piperazine rings is 1. The van der Waals surface area contributed by atoms with E-state index in [1.807, 2.05) is 15.9 Å². The molecule has 0 bridgehead atoms. The van der Waals surface area contributed by atoms with E-state index in [1.54, 1.807) is 18.3 Å². The Morgan fingerprint density at radius 3 is 2.28 bits per heavy atom. The van der Waals surface area contributed by atoms with Crippen molar-refractivity contribution in [2.45, 2.75) is 25.2 Å². The Hall–Kier alpha value is -3.10. The van der Waals surface area contributed by atoms with Crippen LogP contribution in [0.3, 0.4) is 0 Å². The Morgan fingerprint density at radius 1 is 0.931 bits per heavy atom. The molecule has 4 heterocycles. The fourth-order valence-electron chi connectivity index (χ4n) is 3.64. The van der Waals surface area contributed by atoms with Crippen LogP contribution in [0.25, 0.3) is 5.65 Å². The molecule has 1 aliphatic heterocycles. The van der Waals surface area contributed by atoms with Crippen LogP contribution in [0.15, 0.2) is 41.3 Å². The highest BCUT2D eigenvalue weighted by molar-refractivity contribution is 5.50. The minimum Gasteiger partial charge on any atom is -0.353 e. The van der Waals surface area contributed by atoms with E-state index in [-0.39, 0.29) is 17.2 Å². The predicted octanol–water partition coefficient (Wildman–Crippen LogP) is 2.63. The van der Waals surface area contributed by atoms with Crippen LogP contribution in [0.1, 0.15) is 36.7 Å². The van der Waals surface area contributed by atoms with Crippen LogP contribution >= 0.6 is 0 Å². The maximum Gasteiger partial charge on any atom is 0.280 e. The monoisotopic (exact) mass is 398 g/mol. The number of rotatable bonds is 4. The summed E-state index contributed by atoms with van der Waals surface area (Å²) in [6.07, 6.45) is 1.01. The zero-order valence-corrected chi connectivity index (χ0v) is 15.7. The first-order valence-electron chi connectivity index (χ1n) is 9.74. The lowest BCUT2D eigenvalue weighted by atomic mass is 10.2. The molecule has 1 aliphatic carbocycles. The molecule has 0 atom stereocenters. The summed E-state index contributed by atoms with van der Waals surface area (Å²) in [5.41, 5.74) is 0.270. The third kappa shape index (κ3) is 3.52. The maximum atomic E-state index is 13.3. The number of fused-ring (bicyclic) bond motifs is 1. The molecule has 0 aromatic carbocycles. The standard InChI is InChI=1S/C20H20F2N6O/c21-19(22)14-11-16(25-20(23-14)13-4-5-13)26-7-9-27(10-8-26)17-12-18(29)28-6-2-1-3-15(28)24-17/h1-3,6,11-13,19H,4-5,7-10H2. The molecule has 150 valence electrons. The number of hydrogen-bond acceptors (Lipinski definition) is 6. The van der Waals surface area contributed by atoms with Gasteiger partial charge in [-0.25, -0.2) is 23.7 Å². The van der Waals surface area contributed by atoms with E-state index < -0.39 is 6.43 Å². The number of hydrogen-bond donors (Lipinski definition) is 0. The van der Waals surface area contributed by atoms with Crippen LogP contribution in [-0.4, -0.2) is 45.5 Å². The number of aromatic nitrogens is 4. The summed E-state index contributed by atoms with van der Waals surface area (Å²) in [7, 11) is 0. The fraction of sp³-hybridized carbons (Fsp3) is 0.400. The van der Waals surface area contributed by atoms with Crippen molar-refractivity contribution in [3.63, 3.8) is 0 Å². The largest absolute Gasteiger partial charge is 0.353 e. The topological polar surface area (TPSA) is 66.6 Å². The van der Waals surface area contributed by atoms with Crippen molar-refractivity contribution < 1.29 is 8.78 Å². The van der Waals surface area contributed by atoms with Gasteiger partial charge in [-0.15, -0.1) is 0 Å². The number of nitrogens with zero attached hydrogens (tertiary/aromatic N) is 6. The minimum absolute atomic E-state index is 0.125. The van der Waals surface area contributed by atoms with Crippen molar-refractivity contribution in [3.05, 3.63) is 58.4 Å². The Labute approximate surface area is 165 Å². The highest BCUT2D eigenvalue weighted by Crippen LogP contribution is 2.39. The molecule has 0 amide bonds. The predicted molar refractivity (Wildman–Crippen MR) is 105 cm³/mol. The molecule has 3 aromatic rings. The average Bonchev–Trinajstić information content (AvgIpc) is 3.59. The lowest BCUT2D eigenvalue weighted by molar-refractivity contribution is 0.145. The van der Waals surface area contributed by atoms with E-state index in [2.05, 4.69) is 15.0 Å². The molecule has 2 aliphatic rings. The van der Waals surface area contributed by atoms with Gasteiger partial charge < -0.3 is 9.80 Å². The smallest absolute Gasteiger partial charge is 0.280 e. The number of pyridine rings is 1. The summed E-state index contributed by atoms with van der Waals surface area (Å²) in [6, 6.07) is 8.37. The Bertz CT molecular complexity index is 1090. The third-order valence-electron chi connectivity index (χ3n) is 5.40. The third-order valence-corrected chi connectivity index (χ3v) is 5.40. The highest BCUT2D eigenvalue weighted by Gasteiger charge is 2.30. The van der Waals surface area contributed by atoms with Gasteiger partial charge in [0.05, 0.1) is 0 Å². The molecule has 5 rings (SSSR count). The van der Waals surface area contributed by atoms with Gasteiger partial charge in [-0.3, -0.25) is 9.20 Å². The molecular formula is C20H20F2N6O. The summed E-state index contributed by atoms with van der Waals surface area (Å²) in [4.78, 5) is 29.6. The van der Waals surface area contributed by atoms with Crippen molar-refractivity contribution in [3.8, 4) is 0 Å². The van der Waals surface area contributed by atoms with Gasteiger partial charge in [-0.05, 0) is 25.0 Å². The lowest BCUT2D eigenvalue weighted by Crippen LogP contribution is -2.47. The number of alkyl halides is 2. The Kier molecular flexibility index (Phi) is 4.37. The summed E-state index contributed by atoms with van der Waals surface area (Å²) in [5.74, 6) is 1.94. The van der Waals surface area contributed by atoms with Gasteiger partial charge in [0.1, 0.15) is 28.8 Å². The lowest BCUT2D eigenvalue weighted by Gasteiger charge is -2.36. The van der Waals surface area contributed by atoms with Crippen molar-refractivity contribution in [2.75, 3.05) is 36.0 Å². The molecule has 0 spiro atoms. The first-order valence-corrected chi connectivity index (χ1v) is 9.74. The van der Waals surface area contributed by atoms with Crippen LogP contribution < -0.4 is 15.4 Å². The molecule has 7 nitrogen and oxygen atoms in total. The molecule has 0 N–H and O–H groups in total. The summed E-state index contributed by atoms with van der Waals surface area (Å²) in [5, 5.41) is 0. The van der Waals surface area contributed by atoms with Gasteiger partial charge in [0, 0.05) is 50.4 Å². The minimum atomic E-state index is -2.61. The van der Waals surface area contributed by atoms with Crippen molar-refractivity contribution >= 4 is 17.3 Å². The van der Waals surface area contributed by atoms with Gasteiger partial charge >= 0.3 is 0 Å². The normalized spacial score (nSPS) is 17.3. The first kappa shape index (κ1) is 18.0. The molecule has 1 saturated carbocycles. The second-order valence-corrected chi connectivity index (χ2v) is 7.44. The zero-order valence-electron chi connectivity index (χ0n) is 15.7. The van der Waals surface area contributed by atoms with Crippen molar-refractivity contribution in [1.29, 1.82) is 0 Å². The van der Waals surface area contributed by atoms with Crippen LogP contribution in [0.5, 0.6) is 0 Å². The Balaban J connectivity index is 1.36. The first-order chi connectivity index (χ1) is 14.1. The molecule has 2 fully saturated rings. The fourth-order valence-corrected chi connectivity index (χ4v) is 3.64. The SMILES string of the molecule is O=c1cc(N2CCN(c3cc(C(F)F)nc(C4CC4)n3)CC2)nc2ccccn12. The second kappa shape index (κ2) is 7.06. The van der Waals surface area contributed by atoms with Gasteiger partial charge in [0.15, 0.2) is 0 Å². The van der Waals surface area contributed by atoms with E-state index in [0.29, 0.717) is 49.3 Å². The second-order valence-electron chi connectivity index (χ2n) is 7.44. The van der Waals surface area contributed by atoms with Crippen LogP contribution in [-0.2, 0) is 0 Å². The van der Waals surface area contributed by atoms with E-state index in [1.165, 1.54) is 16.5 Å². The molecule has 0 unspecified atom stereocenters. The highest BCUT2D eigenvalue weighted by atomic mass is 19.3. The van der Waals surface area contributed by atoms with Crippen LogP contribution in [0, 0.1) is 0 Å². The van der Waals surface area contributed by atoms with E-state index in [4.69, 9.17) is 0 Å². The van der Waals surface area contributed by atoms with E-state index >= 15 is 0 Å². The van der Waals surface area contributed by atoms with E-state index in [0.717, 1.165) is 12.8 Å². The van der Waals surface area contributed by atoms with Gasteiger partial charge in [-0.2, -0.15) is 0 Å². The van der Waals surface area contributed by atoms with Crippen molar-refractivity contribution in [2.24, 2.45) is 0 Å². The maximum absolute atomic E-state index is 13.3. The van der Waals surface area contributed by atoms with E-state index in [9.17, 15) is 13.6 Å². The number of halogens is 2. The Morgan fingerprint density at radius 2 is 1.62 bits per heavy atom. The molecule has 9 heteroatoms. The molecule has 3 aromatic heterocycles. The average molecular weight is 398 g/mol. The number of anilines is 2. The summed E-state index contributed by atoms with van der Waals surface area (Å²) in [6.45, 7) is 2.48. The van der Waals surface area contributed by atoms with Crippen molar-refractivity contribution in [1.82, 2.24) is 19.4 Å². The molecule has 1 saturated heterocycles. The molecule has 29 heavy (non-hydrogen) atoms. The van der Waals surface area contributed by atoms with Gasteiger partial charge in [-0.1, -0.05) is 6.07 Å². The van der Waals surface area contributed by atoms with Gasteiger partial charge in [0.25, 0.3) is 12.0 Å². The van der Waals surface area contributed by atoms with Gasteiger partial charge in [0.2, 0.25) is 0 Å². The summed E-state index contributed by atoms with van der Waals surface area (Å²) >= 11 is 0. The quantitative estimate of drug-likeness (QED) is 0.673. The van der Waals surface area contributed by atoms with Crippen LogP contribution in [0.2, 0.25) is 0 Å². The summed E-state index contributed by atoms with van der Waals surface area (Å²) < 4.78 is 28.0. The van der Waals surface area contributed by atoms with Crippen LogP contribution in [0.4, 0.5) is 20.4 Å². The molecule has 0 radical (unpaired) electrons.